The second-order valence-electron chi connectivity index (χ2n) is 4.03. The minimum atomic E-state index is -3.63. The standard InChI is InChI=1S/C12H19BrN2O4S/c1-18-10-8-11(19-2)12(7-9(10)13)20(16,17)15-6-4-3-5-14/h7-8,15H,3-6,14H2,1-2H3. The molecule has 0 aromatic heterocycles. The molecule has 0 fully saturated rings. The van der Waals surface area contributed by atoms with E-state index in [0.29, 0.717) is 29.7 Å². The lowest BCUT2D eigenvalue weighted by molar-refractivity contribution is 0.384. The van der Waals surface area contributed by atoms with Gasteiger partial charge in [0.15, 0.2) is 0 Å². The molecule has 8 heteroatoms. The van der Waals surface area contributed by atoms with Crippen LogP contribution in [-0.4, -0.2) is 35.7 Å². The van der Waals surface area contributed by atoms with Crippen molar-refractivity contribution in [1.29, 1.82) is 0 Å². The summed E-state index contributed by atoms with van der Waals surface area (Å²) < 4.78 is 37.8. The first-order valence-corrected chi connectivity index (χ1v) is 8.35. The Kier molecular flexibility index (Phi) is 6.74. The van der Waals surface area contributed by atoms with Crippen LogP contribution in [-0.2, 0) is 10.0 Å². The van der Waals surface area contributed by atoms with Gasteiger partial charge in [0.05, 0.1) is 18.7 Å². The Morgan fingerprint density at radius 3 is 2.40 bits per heavy atom. The van der Waals surface area contributed by atoms with Crippen molar-refractivity contribution in [3.63, 3.8) is 0 Å². The largest absolute Gasteiger partial charge is 0.495 e. The first-order valence-electron chi connectivity index (χ1n) is 6.07. The van der Waals surface area contributed by atoms with Crippen LogP contribution in [0.5, 0.6) is 11.5 Å². The number of methoxy groups -OCH3 is 2. The van der Waals surface area contributed by atoms with Gasteiger partial charge in [-0.2, -0.15) is 0 Å². The van der Waals surface area contributed by atoms with Crippen molar-refractivity contribution in [2.24, 2.45) is 5.73 Å². The molecule has 0 bridgehead atoms. The van der Waals surface area contributed by atoms with Crippen molar-refractivity contribution in [1.82, 2.24) is 4.72 Å². The Bertz CT molecular complexity index is 549. The minimum Gasteiger partial charge on any atom is -0.495 e. The highest BCUT2D eigenvalue weighted by Gasteiger charge is 2.21. The van der Waals surface area contributed by atoms with Gasteiger partial charge >= 0.3 is 0 Å². The molecule has 0 atom stereocenters. The molecule has 1 aromatic carbocycles. The van der Waals surface area contributed by atoms with Gasteiger partial charge < -0.3 is 15.2 Å². The first-order chi connectivity index (χ1) is 9.46. The predicted octanol–water partition coefficient (Wildman–Crippen LogP) is 1.48. The number of benzene rings is 1. The van der Waals surface area contributed by atoms with Crippen molar-refractivity contribution in [3.8, 4) is 11.5 Å². The monoisotopic (exact) mass is 366 g/mol. The maximum Gasteiger partial charge on any atom is 0.244 e. The Morgan fingerprint density at radius 2 is 1.85 bits per heavy atom. The van der Waals surface area contributed by atoms with Crippen LogP contribution >= 0.6 is 15.9 Å². The van der Waals surface area contributed by atoms with Crippen molar-refractivity contribution >= 4 is 26.0 Å². The van der Waals surface area contributed by atoms with Crippen LogP contribution in [0.25, 0.3) is 0 Å². The van der Waals surface area contributed by atoms with Gasteiger partial charge in [0.2, 0.25) is 10.0 Å². The molecule has 20 heavy (non-hydrogen) atoms. The number of nitrogens with one attached hydrogen (secondary N) is 1. The molecule has 1 rings (SSSR count). The van der Waals surface area contributed by atoms with E-state index in [0.717, 1.165) is 6.42 Å². The summed E-state index contributed by atoms with van der Waals surface area (Å²) >= 11 is 3.27. The molecule has 3 N–H and O–H groups in total. The topological polar surface area (TPSA) is 90.6 Å². The molecule has 0 spiro atoms. The summed E-state index contributed by atoms with van der Waals surface area (Å²) in [5, 5.41) is 0. The lowest BCUT2D eigenvalue weighted by atomic mass is 10.3. The maximum absolute atomic E-state index is 12.2. The summed E-state index contributed by atoms with van der Waals surface area (Å²) in [6, 6.07) is 2.99. The van der Waals surface area contributed by atoms with Crippen molar-refractivity contribution in [3.05, 3.63) is 16.6 Å². The Labute approximate surface area is 127 Å². The summed E-state index contributed by atoms with van der Waals surface area (Å²) in [5.74, 6) is 0.736. The second kappa shape index (κ2) is 7.82. The van der Waals surface area contributed by atoms with E-state index >= 15 is 0 Å². The fourth-order valence-electron chi connectivity index (χ4n) is 1.60. The number of unbranched alkanes of at least 4 members (excludes halogenated alkanes) is 1. The Hall–Kier alpha value is -0.830. The van der Waals surface area contributed by atoms with Crippen LogP contribution in [0, 0.1) is 0 Å². The third kappa shape index (κ3) is 4.34. The molecule has 0 saturated carbocycles. The second-order valence-corrected chi connectivity index (χ2v) is 6.62. The third-order valence-corrected chi connectivity index (χ3v) is 4.75. The summed E-state index contributed by atoms with van der Waals surface area (Å²) in [4.78, 5) is 0.0698. The van der Waals surface area contributed by atoms with Crippen molar-refractivity contribution < 1.29 is 17.9 Å². The number of hydrogen-bond acceptors (Lipinski definition) is 5. The van der Waals surface area contributed by atoms with Gasteiger partial charge in [0, 0.05) is 12.6 Å². The molecule has 0 unspecified atom stereocenters. The molecule has 0 amide bonds. The van der Waals surface area contributed by atoms with Crippen LogP contribution in [0.2, 0.25) is 0 Å². The summed E-state index contributed by atoms with van der Waals surface area (Å²) in [7, 11) is -0.721. The average Bonchev–Trinajstić information content (AvgIpc) is 2.43. The van der Waals surface area contributed by atoms with Gasteiger partial charge in [-0.3, -0.25) is 0 Å². The van der Waals surface area contributed by atoms with Crippen molar-refractivity contribution in [2.45, 2.75) is 17.7 Å². The van der Waals surface area contributed by atoms with Gasteiger partial charge in [-0.1, -0.05) is 0 Å². The van der Waals surface area contributed by atoms with Crippen LogP contribution in [0.4, 0.5) is 0 Å². The van der Waals surface area contributed by atoms with E-state index in [1.165, 1.54) is 26.4 Å². The van der Waals surface area contributed by atoms with Gasteiger partial charge in [-0.05, 0) is 41.4 Å². The number of halogens is 1. The molecule has 1 aromatic rings. The quantitative estimate of drug-likeness (QED) is 0.680. The molecular formula is C12H19BrN2O4S. The normalized spacial score (nSPS) is 11.4. The molecule has 0 saturated heterocycles. The van der Waals surface area contributed by atoms with Crippen LogP contribution in [0.3, 0.4) is 0 Å². The number of nitrogens with two attached hydrogens (primary N) is 1. The zero-order chi connectivity index (χ0) is 15.2. The lowest BCUT2D eigenvalue weighted by Crippen LogP contribution is -2.25. The minimum absolute atomic E-state index is 0.0698. The van der Waals surface area contributed by atoms with Gasteiger partial charge in [0.25, 0.3) is 0 Å². The Balaban J connectivity index is 3.01. The fraction of sp³-hybridized carbons (Fsp3) is 0.500. The zero-order valence-electron chi connectivity index (χ0n) is 11.5. The molecule has 6 nitrogen and oxygen atoms in total. The average molecular weight is 367 g/mol. The molecule has 114 valence electrons. The lowest BCUT2D eigenvalue weighted by Gasteiger charge is -2.13. The van der Waals surface area contributed by atoms with Gasteiger partial charge in [0.1, 0.15) is 16.4 Å². The summed E-state index contributed by atoms with van der Waals surface area (Å²) in [6.07, 6.45) is 1.46. The van der Waals surface area contributed by atoms with Crippen LogP contribution < -0.4 is 19.9 Å². The SMILES string of the molecule is COc1cc(OC)c(S(=O)(=O)NCCCCN)cc1Br. The third-order valence-electron chi connectivity index (χ3n) is 2.65. The molecule has 0 radical (unpaired) electrons. The molecule has 0 aliphatic carbocycles. The molecule has 0 aliphatic heterocycles. The van der Waals surface area contributed by atoms with E-state index in [-0.39, 0.29) is 10.6 Å². The zero-order valence-corrected chi connectivity index (χ0v) is 13.9. The van der Waals surface area contributed by atoms with Crippen molar-refractivity contribution in [2.75, 3.05) is 27.3 Å². The fourth-order valence-corrected chi connectivity index (χ4v) is 3.50. The molecule has 0 heterocycles. The van der Waals surface area contributed by atoms with E-state index in [1.54, 1.807) is 0 Å². The number of hydrogen-bond donors (Lipinski definition) is 2. The van der Waals surface area contributed by atoms with Crippen LogP contribution in [0.15, 0.2) is 21.5 Å². The van der Waals surface area contributed by atoms with Gasteiger partial charge in [-0.25, -0.2) is 13.1 Å². The molecule has 0 aliphatic rings. The van der Waals surface area contributed by atoms with E-state index in [9.17, 15) is 8.42 Å². The Morgan fingerprint density at radius 1 is 1.20 bits per heavy atom. The summed E-state index contributed by atoms with van der Waals surface area (Å²) in [5.41, 5.74) is 5.37. The number of ether oxygens (including phenoxy) is 2. The highest BCUT2D eigenvalue weighted by Crippen LogP contribution is 2.35. The van der Waals surface area contributed by atoms with E-state index in [4.69, 9.17) is 15.2 Å². The predicted molar refractivity (Wildman–Crippen MR) is 80.7 cm³/mol. The highest BCUT2D eigenvalue weighted by atomic mass is 79.9. The highest BCUT2D eigenvalue weighted by molar-refractivity contribution is 9.10. The number of rotatable bonds is 8. The smallest absolute Gasteiger partial charge is 0.244 e. The summed E-state index contributed by atoms with van der Waals surface area (Å²) in [6.45, 7) is 0.880. The molecular weight excluding hydrogens is 348 g/mol. The van der Waals surface area contributed by atoms with Crippen LogP contribution in [0.1, 0.15) is 12.8 Å². The van der Waals surface area contributed by atoms with E-state index in [2.05, 4.69) is 20.7 Å². The van der Waals surface area contributed by atoms with E-state index in [1.807, 2.05) is 0 Å². The first kappa shape index (κ1) is 17.2. The number of sulfonamides is 1. The van der Waals surface area contributed by atoms with E-state index < -0.39 is 10.0 Å². The van der Waals surface area contributed by atoms with Gasteiger partial charge in [-0.15, -0.1) is 0 Å². The maximum atomic E-state index is 12.2.